The molecular formula is C13H13F3INO3. The fourth-order valence-electron chi connectivity index (χ4n) is 1.60. The van der Waals surface area contributed by atoms with Gasteiger partial charge in [0.1, 0.15) is 6.54 Å². The standard InChI is InChI=1S/C13H13F3INO3/c1-21-11(19)6-7-18(8-13(14,15)16)12(20)9-4-2-3-5-10(9)17/h2-5H,6-8H2,1H3. The molecule has 0 N–H and O–H groups in total. The quantitative estimate of drug-likeness (QED) is 0.549. The van der Waals surface area contributed by atoms with E-state index in [0.717, 1.165) is 7.11 Å². The molecule has 0 aliphatic rings. The van der Waals surface area contributed by atoms with E-state index in [2.05, 4.69) is 4.74 Å². The molecule has 1 rings (SSSR count). The van der Waals surface area contributed by atoms with Crippen LogP contribution in [0.2, 0.25) is 0 Å². The van der Waals surface area contributed by atoms with Crippen molar-refractivity contribution in [2.75, 3.05) is 20.2 Å². The lowest BCUT2D eigenvalue weighted by atomic mass is 10.2. The molecule has 0 radical (unpaired) electrons. The molecule has 0 atom stereocenters. The third-order valence-corrected chi connectivity index (χ3v) is 3.52. The topological polar surface area (TPSA) is 46.6 Å². The van der Waals surface area contributed by atoms with E-state index in [0.29, 0.717) is 8.47 Å². The van der Waals surface area contributed by atoms with Gasteiger partial charge in [0.15, 0.2) is 0 Å². The van der Waals surface area contributed by atoms with Gasteiger partial charge in [-0.25, -0.2) is 0 Å². The molecule has 0 bridgehead atoms. The Morgan fingerprint density at radius 1 is 1.29 bits per heavy atom. The second kappa shape index (κ2) is 7.62. The van der Waals surface area contributed by atoms with Gasteiger partial charge >= 0.3 is 12.1 Å². The van der Waals surface area contributed by atoms with E-state index >= 15 is 0 Å². The van der Waals surface area contributed by atoms with Crippen molar-refractivity contribution in [1.29, 1.82) is 0 Å². The number of nitrogens with zero attached hydrogens (tertiary/aromatic N) is 1. The minimum atomic E-state index is -4.54. The van der Waals surface area contributed by atoms with Crippen molar-refractivity contribution in [3.63, 3.8) is 0 Å². The molecule has 0 saturated carbocycles. The van der Waals surface area contributed by atoms with Crippen LogP contribution in [0.25, 0.3) is 0 Å². The zero-order valence-corrected chi connectivity index (χ0v) is 13.3. The fourth-order valence-corrected chi connectivity index (χ4v) is 2.22. The molecule has 0 aromatic heterocycles. The van der Waals surface area contributed by atoms with Crippen molar-refractivity contribution in [3.8, 4) is 0 Å². The van der Waals surface area contributed by atoms with Gasteiger partial charge < -0.3 is 9.64 Å². The lowest BCUT2D eigenvalue weighted by Crippen LogP contribution is -2.40. The largest absolute Gasteiger partial charge is 0.469 e. The highest BCUT2D eigenvalue weighted by Gasteiger charge is 2.33. The van der Waals surface area contributed by atoms with Gasteiger partial charge in [-0.15, -0.1) is 0 Å². The van der Waals surface area contributed by atoms with Crippen molar-refractivity contribution in [1.82, 2.24) is 4.90 Å². The number of benzene rings is 1. The van der Waals surface area contributed by atoms with Gasteiger partial charge in [0, 0.05) is 10.1 Å². The second-order valence-electron chi connectivity index (χ2n) is 4.15. The van der Waals surface area contributed by atoms with Gasteiger partial charge in [-0.1, -0.05) is 12.1 Å². The Labute approximate surface area is 133 Å². The van der Waals surface area contributed by atoms with Gasteiger partial charge in [0.25, 0.3) is 5.91 Å². The highest BCUT2D eigenvalue weighted by atomic mass is 127. The van der Waals surface area contributed by atoms with Crippen LogP contribution in [0.3, 0.4) is 0 Å². The van der Waals surface area contributed by atoms with Gasteiger partial charge in [-0.2, -0.15) is 13.2 Å². The summed E-state index contributed by atoms with van der Waals surface area (Å²) in [5, 5.41) is 0. The summed E-state index contributed by atoms with van der Waals surface area (Å²) >= 11 is 1.87. The van der Waals surface area contributed by atoms with Crippen molar-refractivity contribution in [2.24, 2.45) is 0 Å². The van der Waals surface area contributed by atoms with Crippen LogP contribution in [-0.4, -0.2) is 43.2 Å². The van der Waals surface area contributed by atoms with E-state index in [9.17, 15) is 22.8 Å². The van der Waals surface area contributed by atoms with Crippen LogP contribution in [0.1, 0.15) is 16.8 Å². The van der Waals surface area contributed by atoms with Gasteiger partial charge in [0.2, 0.25) is 0 Å². The Bertz CT molecular complexity index is 520. The number of esters is 1. The number of amides is 1. The summed E-state index contributed by atoms with van der Waals surface area (Å²) in [6, 6.07) is 6.33. The molecule has 1 aromatic carbocycles. The first kappa shape index (κ1) is 17.7. The predicted molar refractivity (Wildman–Crippen MR) is 77.8 cm³/mol. The summed E-state index contributed by atoms with van der Waals surface area (Å²) in [5.74, 6) is -1.43. The molecule has 8 heteroatoms. The van der Waals surface area contributed by atoms with E-state index in [1.807, 2.05) is 22.6 Å². The molecule has 1 amide bonds. The number of halogens is 4. The summed E-state index contributed by atoms with van der Waals surface area (Å²) in [6.45, 7) is -1.76. The molecule has 21 heavy (non-hydrogen) atoms. The first-order chi connectivity index (χ1) is 9.74. The molecule has 0 fully saturated rings. The van der Waals surface area contributed by atoms with Gasteiger partial charge in [-0.05, 0) is 34.7 Å². The number of carbonyl (C=O) groups excluding carboxylic acids is 2. The van der Waals surface area contributed by atoms with E-state index in [4.69, 9.17) is 0 Å². The summed E-state index contributed by atoms with van der Waals surface area (Å²) in [5.41, 5.74) is 0.173. The van der Waals surface area contributed by atoms with E-state index in [1.54, 1.807) is 18.2 Å². The Morgan fingerprint density at radius 2 is 1.90 bits per heavy atom. The molecule has 0 aliphatic carbocycles. The minimum absolute atomic E-state index is 0.173. The van der Waals surface area contributed by atoms with Crippen LogP contribution in [0, 0.1) is 3.57 Å². The van der Waals surface area contributed by atoms with Crippen LogP contribution in [-0.2, 0) is 9.53 Å². The molecule has 116 valence electrons. The molecule has 4 nitrogen and oxygen atoms in total. The van der Waals surface area contributed by atoms with Crippen molar-refractivity contribution < 1.29 is 27.5 Å². The number of methoxy groups -OCH3 is 1. The normalized spacial score (nSPS) is 11.1. The van der Waals surface area contributed by atoms with Crippen molar-refractivity contribution >= 4 is 34.5 Å². The first-order valence-corrected chi connectivity index (χ1v) is 7.00. The van der Waals surface area contributed by atoms with Crippen molar-refractivity contribution in [2.45, 2.75) is 12.6 Å². The number of hydrogen-bond donors (Lipinski definition) is 0. The third-order valence-electron chi connectivity index (χ3n) is 2.58. The van der Waals surface area contributed by atoms with E-state index < -0.39 is 24.6 Å². The van der Waals surface area contributed by atoms with E-state index in [-0.39, 0.29) is 18.5 Å². The molecule has 0 heterocycles. The number of rotatable bonds is 5. The maximum absolute atomic E-state index is 12.6. The zero-order valence-electron chi connectivity index (χ0n) is 11.1. The highest BCUT2D eigenvalue weighted by molar-refractivity contribution is 14.1. The Morgan fingerprint density at radius 3 is 2.43 bits per heavy atom. The number of carbonyl (C=O) groups is 2. The first-order valence-electron chi connectivity index (χ1n) is 5.92. The minimum Gasteiger partial charge on any atom is -0.469 e. The third kappa shape index (κ3) is 5.90. The summed E-state index contributed by atoms with van der Waals surface area (Å²) in [7, 11) is 1.14. The molecule has 0 saturated heterocycles. The molecule has 0 spiro atoms. The second-order valence-corrected chi connectivity index (χ2v) is 5.31. The summed E-state index contributed by atoms with van der Waals surface area (Å²) < 4.78 is 42.7. The number of hydrogen-bond acceptors (Lipinski definition) is 3. The Balaban J connectivity index is 2.92. The molecular weight excluding hydrogens is 402 g/mol. The van der Waals surface area contributed by atoms with Crippen LogP contribution >= 0.6 is 22.6 Å². The fraction of sp³-hybridized carbons (Fsp3) is 0.385. The summed E-state index contributed by atoms with van der Waals surface area (Å²) in [6.07, 6.45) is -4.83. The maximum Gasteiger partial charge on any atom is 0.406 e. The average molecular weight is 415 g/mol. The van der Waals surface area contributed by atoms with Crippen LogP contribution in [0.15, 0.2) is 24.3 Å². The zero-order chi connectivity index (χ0) is 16.0. The van der Waals surface area contributed by atoms with Gasteiger partial charge in [-0.3, -0.25) is 9.59 Å². The predicted octanol–water partition coefficient (Wildman–Crippen LogP) is 2.86. The monoisotopic (exact) mass is 415 g/mol. The molecule has 0 aliphatic heterocycles. The lowest BCUT2D eigenvalue weighted by Gasteiger charge is -2.24. The smallest absolute Gasteiger partial charge is 0.406 e. The van der Waals surface area contributed by atoms with Crippen LogP contribution in [0.5, 0.6) is 0 Å². The number of ether oxygens (including phenoxy) is 1. The van der Waals surface area contributed by atoms with Crippen molar-refractivity contribution in [3.05, 3.63) is 33.4 Å². The van der Waals surface area contributed by atoms with Crippen LogP contribution < -0.4 is 0 Å². The maximum atomic E-state index is 12.6. The summed E-state index contributed by atoms with van der Waals surface area (Å²) in [4.78, 5) is 23.9. The Hall–Kier alpha value is -1.32. The van der Waals surface area contributed by atoms with Crippen LogP contribution in [0.4, 0.5) is 13.2 Å². The van der Waals surface area contributed by atoms with Gasteiger partial charge in [0.05, 0.1) is 19.1 Å². The lowest BCUT2D eigenvalue weighted by molar-refractivity contribution is -0.147. The molecule has 1 aromatic rings. The SMILES string of the molecule is COC(=O)CCN(CC(F)(F)F)C(=O)c1ccccc1I. The number of alkyl halides is 3. The Kier molecular flexibility index (Phi) is 6.43. The van der Waals surface area contributed by atoms with E-state index in [1.165, 1.54) is 6.07 Å². The molecule has 0 unspecified atom stereocenters. The average Bonchev–Trinajstić information content (AvgIpc) is 2.41. The highest BCUT2D eigenvalue weighted by Crippen LogP contribution is 2.20.